The number of hydrogen-bond acceptors (Lipinski definition) is 10. The van der Waals surface area contributed by atoms with E-state index in [1.54, 1.807) is 14.2 Å². The summed E-state index contributed by atoms with van der Waals surface area (Å²) >= 11 is 13.4. The molecule has 0 aliphatic heterocycles. The van der Waals surface area contributed by atoms with E-state index >= 15 is 0 Å². The van der Waals surface area contributed by atoms with Gasteiger partial charge in [-0.25, -0.2) is 9.59 Å². The molecule has 0 heterocycles. The van der Waals surface area contributed by atoms with Crippen molar-refractivity contribution in [2.45, 2.75) is 176 Å². The molecule has 4 N–H and O–H groups in total. The predicted octanol–water partition coefficient (Wildman–Crippen LogP) is 24.5. The summed E-state index contributed by atoms with van der Waals surface area (Å²) in [5, 5.41) is 11.8. The quantitative estimate of drug-likeness (QED) is 0.0109. The SMILES string of the molecule is COc1ccc(C(Cl)(c2ccccc2)c2ccccc2)cc1.COc1ccc(C(SCCCCCCCCCCC(=O)NCCCCCNC(=O)OCC2c3ccccc3-c3ccccc32)(c2ccccc2)c2ccccc2)cc1.O=C(CCCCCCCCCCS)NCCCCCNC(=O)OCC1c2ccccc2-c2ccccc21. The average molecular weight is 1630 g/mol. The number of thiol groups is 1. The molecule has 117 heavy (non-hydrogen) atoms. The summed E-state index contributed by atoms with van der Waals surface area (Å²) in [6, 6.07) is 92.0. The summed E-state index contributed by atoms with van der Waals surface area (Å²) in [7, 11) is 3.38. The van der Waals surface area contributed by atoms with Crippen LogP contribution in [0.15, 0.2) is 267 Å². The van der Waals surface area contributed by atoms with E-state index in [1.807, 2.05) is 109 Å². The molecule has 0 radical (unpaired) electrons. The van der Waals surface area contributed by atoms with Crippen molar-refractivity contribution < 1.29 is 38.1 Å². The minimum atomic E-state index is -0.714. The first-order chi connectivity index (χ1) is 57.5. The van der Waals surface area contributed by atoms with Crippen LogP contribution in [0.5, 0.6) is 11.5 Å². The van der Waals surface area contributed by atoms with Crippen LogP contribution in [0.1, 0.15) is 222 Å². The first kappa shape index (κ1) is 89.6. The van der Waals surface area contributed by atoms with E-state index in [1.165, 1.54) is 138 Å². The minimum absolute atomic E-state index is 0.0629. The van der Waals surface area contributed by atoms with Crippen LogP contribution in [0, 0.1) is 0 Å². The average Bonchev–Trinajstić information content (AvgIpc) is 1.69. The Morgan fingerprint density at radius 1 is 0.325 bits per heavy atom. The van der Waals surface area contributed by atoms with E-state index in [0.29, 0.717) is 52.2 Å². The molecule has 2 aliphatic carbocycles. The Hall–Kier alpha value is -9.73. The molecule has 10 aromatic rings. The first-order valence-electron chi connectivity index (χ1n) is 42.7. The number of thioether (sulfide) groups is 1. The summed E-state index contributed by atoms with van der Waals surface area (Å²) in [6.45, 7) is 3.19. The lowest BCUT2D eigenvalue weighted by atomic mass is 9.84. The number of benzene rings is 10. The Morgan fingerprint density at radius 2 is 0.598 bits per heavy atom. The summed E-state index contributed by atoms with van der Waals surface area (Å²) in [5.74, 6) is 4.20. The van der Waals surface area contributed by atoms with Crippen molar-refractivity contribution in [2.75, 3.05) is 65.1 Å². The number of amides is 4. The molecular weight excluding hydrogens is 1510 g/mol. The van der Waals surface area contributed by atoms with E-state index in [-0.39, 0.29) is 40.6 Å². The highest BCUT2D eigenvalue weighted by molar-refractivity contribution is 8.00. The number of ether oxygens (including phenoxy) is 4. The third-order valence-electron chi connectivity index (χ3n) is 22.2. The Bertz CT molecular complexity index is 4370. The maximum absolute atomic E-state index is 12.4. The van der Waals surface area contributed by atoms with Gasteiger partial charge in [-0.05, 0) is 178 Å². The fraction of sp³-hybridized carbons (Fsp3) is 0.373. The lowest BCUT2D eigenvalue weighted by molar-refractivity contribution is -0.122. The van der Waals surface area contributed by atoms with Crippen LogP contribution in [-0.2, 0) is 28.7 Å². The number of hydrogen-bond donors (Lipinski definition) is 5. The summed E-state index contributed by atoms with van der Waals surface area (Å²) in [5.41, 5.74) is 16.7. The molecule has 12 nitrogen and oxygen atoms in total. The van der Waals surface area contributed by atoms with Crippen LogP contribution < -0.4 is 30.7 Å². The highest BCUT2D eigenvalue weighted by atomic mass is 35.5. The molecule has 12 rings (SSSR count). The topological polar surface area (TPSA) is 153 Å². The number of unbranched alkanes of at least 4 members (excludes halogenated alkanes) is 18. The zero-order valence-corrected chi connectivity index (χ0v) is 71.2. The Morgan fingerprint density at radius 3 is 0.949 bits per heavy atom. The molecule has 0 saturated heterocycles. The van der Waals surface area contributed by atoms with Crippen molar-refractivity contribution in [3.05, 3.63) is 323 Å². The van der Waals surface area contributed by atoms with Gasteiger partial charge in [0.15, 0.2) is 0 Å². The molecule has 0 saturated carbocycles. The van der Waals surface area contributed by atoms with Gasteiger partial charge in [-0.2, -0.15) is 12.6 Å². The zero-order chi connectivity index (χ0) is 81.8. The predicted molar refractivity (Wildman–Crippen MR) is 487 cm³/mol. The normalized spacial score (nSPS) is 11.9. The van der Waals surface area contributed by atoms with Crippen molar-refractivity contribution in [3.63, 3.8) is 0 Å². The molecular formula is C102H121ClN4O8S2. The van der Waals surface area contributed by atoms with Crippen molar-refractivity contribution >= 4 is 60.0 Å². The number of carbonyl (C=O) groups is 4. The summed E-state index contributed by atoms with van der Waals surface area (Å²) in [6.07, 6.45) is 25.0. The Balaban J connectivity index is 0.000000207. The van der Waals surface area contributed by atoms with E-state index in [9.17, 15) is 19.2 Å². The lowest BCUT2D eigenvalue weighted by Gasteiger charge is -2.35. The first-order valence-corrected chi connectivity index (χ1v) is 44.7. The summed E-state index contributed by atoms with van der Waals surface area (Å²) in [4.78, 5) is 48.3. The van der Waals surface area contributed by atoms with Gasteiger partial charge in [0.2, 0.25) is 11.8 Å². The molecule has 15 heteroatoms. The number of methoxy groups -OCH3 is 2. The van der Waals surface area contributed by atoms with Crippen molar-refractivity contribution in [1.82, 2.24) is 21.3 Å². The van der Waals surface area contributed by atoms with Gasteiger partial charge >= 0.3 is 12.2 Å². The minimum Gasteiger partial charge on any atom is -0.497 e. The number of fused-ring (bicyclic) bond motifs is 6. The third-order valence-corrected chi connectivity index (χ3v) is 24.8. The molecule has 0 bridgehead atoms. The lowest BCUT2D eigenvalue weighted by Crippen LogP contribution is -2.27. The molecule has 0 spiro atoms. The van der Waals surface area contributed by atoms with Gasteiger partial charge in [0.1, 0.15) is 29.6 Å². The highest BCUT2D eigenvalue weighted by Crippen LogP contribution is 2.50. The standard InChI is InChI=1S/C51H60N2O4S.C31H44N2O3S.C20H17ClO/c1-56-43-34-32-42(33-35-43)51(40-23-11-8-12-24-40,41-25-13-9-14-26-41)58-38-22-7-5-3-2-4-6-15-31-49(54)52-36-20-10-21-37-53-50(55)57-39-48-46-29-18-16-27-44(46)45-28-17-19-30-47(45)48;34-30(20-8-5-3-1-2-4-6-15-23-37)32-21-13-7-14-22-33-31(35)36-24-29-27-18-11-9-16-25(27)26-17-10-12-19-28(26)29;1-22-19-14-12-18(13-15-19)20(21,16-8-4-2-5-9-16)17-10-6-3-7-11-17/h8-9,11-14,16-19,23-30,32-35,48H,2-7,10,15,20-22,31,36-39H2,1H3,(H,52,54)(H,53,55);9-12,16-19,29,37H,1-8,13-15,20-24H2,(H,32,34)(H,33,35);2-15H,1H3. The second-order valence-corrected chi connectivity index (χ2v) is 32.6. The zero-order valence-electron chi connectivity index (χ0n) is 68.7. The van der Waals surface area contributed by atoms with Gasteiger partial charge in [-0.1, -0.05) is 320 Å². The largest absolute Gasteiger partial charge is 0.497 e. The smallest absolute Gasteiger partial charge is 0.407 e. The number of halogens is 1. The van der Waals surface area contributed by atoms with E-state index < -0.39 is 4.87 Å². The maximum Gasteiger partial charge on any atom is 0.407 e. The highest BCUT2D eigenvalue weighted by Gasteiger charge is 2.38. The van der Waals surface area contributed by atoms with Crippen molar-refractivity contribution in [2.24, 2.45) is 0 Å². The fourth-order valence-corrected chi connectivity index (χ4v) is 18.0. The molecule has 2 aliphatic rings. The summed E-state index contributed by atoms with van der Waals surface area (Å²) < 4.78 is 21.6. The van der Waals surface area contributed by atoms with Crippen LogP contribution in [0.25, 0.3) is 22.3 Å². The van der Waals surface area contributed by atoms with Crippen LogP contribution >= 0.6 is 36.0 Å². The molecule has 10 aromatic carbocycles. The van der Waals surface area contributed by atoms with Crippen LogP contribution in [0.4, 0.5) is 9.59 Å². The second-order valence-electron chi connectivity index (χ2n) is 30.3. The number of rotatable bonds is 46. The Kier molecular flexibility index (Phi) is 38.4. The van der Waals surface area contributed by atoms with Gasteiger partial charge in [-0.3, -0.25) is 9.59 Å². The monoisotopic (exact) mass is 1630 g/mol. The Labute approximate surface area is 711 Å². The number of nitrogens with one attached hydrogen (secondary N) is 4. The van der Waals surface area contributed by atoms with Gasteiger partial charge < -0.3 is 40.2 Å². The van der Waals surface area contributed by atoms with Crippen LogP contribution in [0.2, 0.25) is 0 Å². The fourth-order valence-electron chi connectivity index (χ4n) is 15.9. The molecule has 616 valence electrons. The van der Waals surface area contributed by atoms with Gasteiger partial charge in [0, 0.05) is 50.9 Å². The van der Waals surface area contributed by atoms with Crippen LogP contribution in [0.3, 0.4) is 0 Å². The third kappa shape index (κ3) is 27.2. The maximum atomic E-state index is 12.4. The van der Waals surface area contributed by atoms with E-state index in [0.717, 1.165) is 104 Å². The number of alkyl carbamates (subject to hydrolysis) is 2. The van der Waals surface area contributed by atoms with Crippen molar-refractivity contribution in [3.8, 4) is 33.8 Å². The van der Waals surface area contributed by atoms with Crippen molar-refractivity contribution in [1.29, 1.82) is 0 Å². The second kappa shape index (κ2) is 50.1. The van der Waals surface area contributed by atoms with Gasteiger partial charge in [0.05, 0.1) is 19.0 Å². The molecule has 0 aromatic heterocycles. The van der Waals surface area contributed by atoms with Crippen LogP contribution in [-0.4, -0.2) is 89.1 Å². The molecule has 0 unspecified atom stereocenters. The number of carbonyl (C=O) groups excluding carboxylic acids is 4. The van der Waals surface area contributed by atoms with Gasteiger partial charge in [-0.15, -0.1) is 23.4 Å². The molecule has 0 fully saturated rings. The van der Waals surface area contributed by atoms with E-state index in [2.05, 4.69) is 204 Å². The van der Waals surface area contributed by atoms with E-state index in [4.69, 9.17) is 30.5 Å². The van der Waals surface area contributed by atoms with Gasteiger partial charge in [0.25, 0.3) is 0 Å². The molecule has 0 atom stereocenters. The molecule has 4 amide bonds. The number of alkyl halides is 1.